The molecule has 1 heterocycles. The van der Waals surface area contributed by atoms with Gasteiger partial charge in [0.2, 0.25) is 0 Å². The maximum Gasteiger partial charge on any atom is 0.153 e. The number of aryl methyl sites for hydroxylation is 1. The number of hydrogen-bond acceptors (Lipinski definition) is 3. The molecule has 0 fully saturated rings. The summed E-state index contributed by atoms with van der Waals surface area (Å²) < 4.78 is 0. The zero-order valence-corrected chi connectivity index (χ0v) is 10.6. The third-order valence-electron chi connectivity index (χ3n) is 2.85. The van der Waals surface area contributed by atoms with Crippen molar-refractivity contribution in [3.05, 3.63) is 59.3 Å². The summed E-state index contributed by atoms with van der Waals surface area (Å²) in [5.74, 6) is 0.716. The maximum absolute atomic E-state index is 11.0. The number of pyridine rings is 1. The van der Waals surface area contributed by atoms with Gasteiger partial charge in [0, 0.05) is 19.8 Å². The van der Waals surface area contributed by atoms with Crippen LogP contribution in [0.5, 0.6) is 0 Å². The number of anilines is 1. The summed E-state index contributed by atoms with van der Waals surface area (Å²) in [6.45, 7) is 2.80. The highest BCUT2D eigenvalue weighted by molar-refractivity contribution is 5.82. The molecule has 2 rings (SSSR count). The van der Waals surface area contributed by atoms with Crippen LogP contribution in [0.25, 0.3) is 0 Å². The van der Waals surface area contributed by atoms with E-state index >= 15 is 0 Å². The van der Waals surface area contributed by atoms with E-state index in [0.717, 1.165) is 12.8 Å². The van der Waals surface area contributed by atoms with E-state index in [1.807, 2.05) is 11.9 Å². The van der Waals surface area contributed by atoms with Gasteiger partial charge < -0.3 is 4.90 Å². The molecule has 0 radical (unpaired) electrons. The number of aromatic nitrogens is 1. The lowest BCUT2D eigenvalue weighted by molar-refractivity contribution is 0.112. The second-order valence-corrected chi connectivity index (χ2v) is 4.38. The first-order valence-electron chi connectivity index (χ1n) is 5.87. The van der Waals surface area contributed by atoms with Crippen LogP contribution in [0.1, 0.15) is 21.5 Å². The van der Waals surface area contributed by atoms with Crippen molar-refractivity contribution in [1.29, 1.82) is 0 Å². The van der Waals surface area contributed by atoms with Crippen LogP contribution in [-0.4, -0.2) is 18.3 Å². The zero-order chi connectivity index (χ0) is 13.0. The number of carbonyl (C=O) groups excluding carboxylic acids is 1. The van der Waals surface area contributed by atoms with Crippen LogP contribution in [0.2, 0.25) is 0 Å². The first kappa shape index (κ1) is 12.3. The van der Waals surface area contributed by atoms with E-state index in [2.05, 4.69) is 36.2 Å². The van der Waals surface area contributed by atoms with Gasteiger partial charge in [-0.2, -0.15) is 0 Å². The highest BCUT2D eigenvalue weighted by Crippen LogP contribution is 2.16. The van der Waals surface area contributed by atoms with E-state index < -0.39 is 0 Å². The fraction of sp³-hybridized carbons (Fsp3) is 0.200. The number of rotatable bonds is 4. The van der Waals surface area contributed by atoms with Gasteiger partial charge in [0.1, 0.15) is 5.82 Å². The standard InChI is InChI=1S/C15H16N2O/c1-12-5-7-13(8-6-12)10-17(2)15-14(11-18)4-3-9-16-15/h3-9,11H,10H2,1-2H3. The molecule has 3 nitrogen and oxygen atoms in total. The second-order valence-electron chi connectivity index (χ2n) is 4.38. The molecule has 0 aliphatic heterocycles. The molecule has 1 aromatic carbocycles. The van der Waals surface area contributed by atoms with E-state index in [1.54, 1.807) is 18.3 Å². The van der Waals surface area contributed by atoms with Crippen molar-refractivity contribution in [3.63, 3.8) is 0 Å². The molecule has 0 aliphatic carbocycles. The molecule has 0 saturated carbocycles. The van der Waals surface area contributed by atoms with Gasteiger partial charge in [-0.3, -0.25) is 4.79 Å². The third kappa shape index (κ3) is 2.74. The molecule has 0 N–H and O–H groups in total. The molecule has 92 valence electrons. The van der Waals surface area contributed by atoms with Crippen LogP contribution in [0.15, 0.2) is 42.6 Å². The predicted octanol–water partition coefficient (Wildman–Crippen LogP) is 2.84. The van der Waals surface area contributed by atoms with Gasteiger partial charge in [-0.1, -0.05) is 29.8 Å². The molecule has 0 amide bonds. The lowest BCUT2D eigenvalue weighted by atomic mass is 10.1. The summed E-state index contributed by atoms with van der Waals surface area (Å²) in [7, 11) is 1.94. The van der Waals surface area contributed by atoms with Gasteiger partial charge in [0.25, 0.3) is 0 Å². The molecule has 0 bridgehead atoms. The summed E-state index contributed by atoms with van der Waals surface area (Å²) in [4.78, 5) is 17.2. The van der Waals surface area contributed by atoms with Crippen molar-refractivity contribution in [2.45, 2.75) is 13.5 Å². The van der Waals surface area contributed by atoms with E-state index in [0.29, 0.717) is 11.4 Å². The monoisotopic (exact) mass is 240 g/mol. The topological polar surface area (TPSA) is 33.2 Å². The molecular formula is C15H16N2O. The molecule has 0 aliphatic rings. The molecule has 2 aromatic rings. The molecule has 0 atom stereocenters. The highest BCUT2D eigenvalue weighted by atomic mass is 16.1. The van der Waals surface area contributed by atoms with Crippen molar-refractivity contribution in [1.82, 2.24) is 4.98 Å². The fourth-order valence-electron chi connectivity index (χ4n) is 1.86. The summed E-state index contributed by atoms with van der Waals surface area (Å²) in [5, 5.41) is 0. The minimum Gasteiger partial charge on any atom is -0.355 e. The number of hydrogen-bond donors (Lipinski definition) is 0. The van der Waals surface area contributed by atoms with Gasteiger partial charge in [-0.05, 0) is 24.6 Å². The molecule has 0 saturated heterocycles. The Morgan fingerprint density at radius 3 is 2.61 bits per heavy atom. The lowest BCUT2D eigenvalue weighted by Gasteiger charge is -2.19. The van der Waals surface area contributed by atoms with Crippen molar-refractivity contribution in [2.24, 2.45) is 0 Å². The van der Waals surface area contributed by atoms with E-state index in [9.17, 15) is 4.79 Å². The van der Waals surface area contributed by atoms with Crippen LogP contribution in [0, 0.1) is 6.92 Å². The van der Waals surface area contributed by atoms with Crippen LogP contribution in [0.4, 0.5) is 5.82 Å². The summed E-state index contributed by atoms with van der Waals surface area (Å²) in [6, 6.07) is 11.9. The van der Waals surface area contributed by atoms with Crippen LogP contribution < -0.4 is 4.90 Å². The average Bonchev–Trinajstić information content (AvgIpc) is 2.41. The number of carbonyl (C=O) groups is 1. The Bertz CT molecular complexity index is 534. The molecule has 0 unspecified atom stereocenters. The van der Waals surface area contributed by atoms with Crippen molar-refractivity contribution in [2.75, 3.05) is 11.9 Å². The molecule has 0 spiro atoms. The second kappa shape index (κ2) is 5.45. The number of benzene rings is 1. The van der Waals surface area contributed by atoms with Gasteiger partial charge >= 0.3 is 0 Å². The Kier molecular flexibility index (Phi) is 3.72. The quantitative estimate of drug-likeness (QED) is 0.770. The SMILES string of the molecule is Cc1ccc(CN(C)c2ncccc2C=O)cc1. The van der Waals surface area contributed by atoms with Crippen molar-refractivity contribution in [3.8, 4) is 0 Å². The maximum atomic E-state index is 11.0. The minimum absolute atomic E-state index is 0.618. The Morgan fingerprint density at radius 2 is 1.94 bits per heavy atom. The van der Waals surface area contributed by atoms with Crippen LogP contribution in [-0.2, 0) is 6.54 Å². The van der Waals surface area contributed by atoms with E-state index in [4.69, 9.17) is 0 Å². The Labute approximate surface area is 107 Å². The lowest BCUT2D eigenvalue weighted by Crippen LogP contribution is -2.19. The minimum atomic E-state index is 0.618. The third-order valence-corrected chi connectivity index (χ3v) is 2.85. The van der Waals surface area contributed by atoms with Gasteiger partial charge in [0.15, 0.2) is 6.29 Å². The zero-order valence-electron chi connectivity index (χ0n) is 10.6. The summed E-state index contributed by atoms with van der Waals surface area (Å²) in [6.07, 6.45) is 2.54. The molecule has 18 heavy (non-hydrogen) atoms. The van der Waals surface area contributed by atoms with Crippen molar-refractivity contribution < 1.29 is 4.79 Å². The Balaban J connectivity index is 2.19. The van der Waals surface area contributed by atoms with Gasteiger partial charge in [0.05, 0.1) is 5.56 Å². The van der Waals surface area contributed by atoms with Crippen LogP contribution in [0.3, 0.4) is 0 Å². The van der Waals surface area contributed by atoms with E-state index in [-0.39, 0.29) is 0 Å². The number of nitrogens with zero attached hydrogens (tertiary/aromatic N) is 2. The normalized spacial score (nSPS) is 10.1. The Hall–Kier alpha value is -2.16. The largest absolute Gasteiger partial charge is 0.355 e. The van der Waals surface area contributed by atoms with Crippen LogP contribution >= 0.6 is 0 Å². The van der Waals surface area contributed by atoms with Crippen molar-refractivity contribution >= 4 is 12.1 Å². The first-order valence-corrected chi connectivity index (χ1v) is 5.87. The van der Waals surface area contributed by atoms with E-state index in [1.165, 1.54) is 11.1 Å². The predicted molar refractivity (Wildman–Crippen MR) is 72.9 cm³/mol. The highest BCUT2D eigenvalue weighted by Gasteiger charge is 2.08. The molecular weight excluding hydrogens is 224 g/mol. The smallest absolute Gasteiger partial charge is 0.153 e. The number of aldehydes is 1. The first-order chi connectivity index (χ1) is 8.70. The average molecular weight is 240 g/mol. The fourth-order valence-corrected chi connectivity index (χ4v) is 1.86. The molecule has 3 heteroatoms. The van der Waals surface area contributed by atoms with Gasteiger partial charge in [-0.15, -0.1) is 0 Å². The molecule has 1 aromatic heterocycles. The summed E-state index contributed by atoms with van der Waals surface area (Å²) >= 11 is 0. The van der Waals surface area contributed by atoms with Gasteiger partial charge in [-0.25, -0.2) is 4.98 Å². The summed E-state index contributed by atoms with van der Waals surface area (Å²) in [5.41, 5.74) is 3.06. The Morgan fingerprint density at radius 1 is 1.22 bits per heavy atom.